The van der Waals surface area contributed by atoms with E-state index in [0.717, 1.165) is 38.5 Å². The minimum absolute atomic E-state index is 0.289. The Hall–Kier alpha value is -4.11. The number of carbonyl (C=O) groups excluding carboxylic acids is 2. The summed E-state index contributed by atoms with van der Waals surface area (Å²) < 4.78 is 12.8. The molecule has 2 aromatic carbocycles. The van der Waals surface area contributed by atoms with Gasteiger partial charge >= 0.3 is 0 Å². The van der Waals surface area contributed by atoms with Crippen LogP contribution in [0.25, 0.3) is 16.9 Å². The molecule has 0 bridgehead atoms. The van der Waals surface area contributed by atoms with E-state index in [1.165, 1.54) is 11.3 Å². The normalized spacial score (nSPS) is 11.7. The number of primary amides is 1. The van der Waals surface area contributed by atoms with Crippen LogP contribution in [0.1, 0.15) is 42.4 Å². The molecule has 0 radical (unpaired) electrons. The van der Waals surface area contributed by atoms with E-state index in [1.807, 2.05) is 56.3 Å². The molecule has 0 fully saturated rings. The van der Waals surface area contributed by atoms with Gasteiger partial charge in [0.25, 0.3) is 11.8 Å². The molecular formula is C26H24N4O4S. The molecular weight excluding hydrogens is 464 g/mol. The maximum atomic E-state index is 13.5. The van der Waals surface area contributed by atoms with Gasteiger partial charge in [-0.15, -0.1) is 11.3 Å². The van der Waals surface area contributed by atoms with Crippen LogP contribution in [-0.4, -0.2) is 35.8 Å². The first-order valence-electron chi connectivity index (χ1n) is 11.0. The van der Waals surface area contributed by atoms with Crippen molar-refractivity contribution in [2.75, 3.05) is 19.5 Å². The van der Waals surface area contributed by atoms with Crippen molar-refractivity contribution in [2.24, 2.45) is 5.73 Å². The van der Waals surface area contributed by atoms with Gasteiger partial charge in [-0.05, 0) is 49.2 Å². The van der Waals surface area contributed by atoms with Crippen LogP contribution >= 0.6 is 11.3 Å². The summed E-state index contributed by atoms with van der Waals surface area (Å²) in [6.07, 6.45) is 0.506. The summed E-state index contributed by atoms with van der Waals surface area (Å²) in [5.74, 6) is 0.249. The number of nitrogens with two attached hydrogens (primary N) is 1. The van der Waals surface area contributed by atoms with Crippen LogP contribution in [-0.2, 0) is 6.42 Å². The Morgan fingerprint density at radius 1 is 1.09 bits per heavy atom. The Bertz CT molecular complexity index is 1490. The number of benzene rings is 2. The van der Waals surface area contributed by atoms with E-state index >= 15 is 0 Å². The summed E-state index contributed by atoms with van der Waals surface area (Å²) >= 11 is 1.33. The van der Waals surface area contributed by atoms with Crippen LogP contribution < -0.4 is 20.5 Å². The summed E-state index contributed by atoms with van der Waals surface area (Å²) in [6, 6.07) is 13.5. The number of nitrogens with zero attached hydrogens (tertiary/aromatic N) is 2. The van der Waals surface area contributed by atoms with E-state index in [4.69, 9.17) is 20.3 Å². The molecule has 3 N–H and O–H groups in total. The number of carbonyl (C=O) groups is 2. The van der Waals surface area contributed by atoms with Gasteiger partial charge in [0, 0.05) is 22.4 Å². The number of methoxy groups -OCH3 is 2. The number of aryl methyl sites for hydroxylation is 1. The van der Waals surface area contributed by atoms with Crippen molar-refractivity contribution >= 4 is 28.2 Å². The monoisotopic (exact) mass is 488 g/mol. The molecule has 1 aliphatic rings. The van der Waals surface area contributed by atoms with Gasteiger partial charge in [0.05, 0.1) is 31.2 Å². The lowest BCUT2D eigenvalue weighted by atomic mass is 10.1. The maximum Gasteiger partial charge on any atom is 0.277 e. The number of amides is 2. The molecule has 2 aromatic heterocycles. The second kappa shape index (κ2) is 8.59. The zero-order valence-corrected chi connectivity index (χ0v) is 20.6. The summed E-state index contributed by atoms with van der Waals surface area (Å²) in [5, 5.41) is 8.04. The Morgan fingerprint density at radius 3 is 2.43 bits per heavy atom. The number of hydrogen-bond acceptors (Lipinski definition) is 6. The minimum Gasteiger partial charge on any atom is -0.493 e. The molecule has 4 aromatic rings. The zero-order valence-electron chi connectivity index (χ0n) is 19.8. The summed E-state index contributed by atoms with van der Waals surface area (Å²) in [6.45, 7) is 3.71. The molecule has 8 nitrogen and oxygen atoms in total. The number of aromatic nitrogens is 2. The highest BCUT2D eigenvalue weighted by molar-refractivity contribution is 7.16. The molecule has 0 spiro atoms. The van der Waals surface area contributed by atoms with Crippen molar-refractivity contribution < 1.29 is 19.1 Å². The van der Waals surface area contributed by atoms with Crippen molar-refractivity contribution in [3.05, 3.63) is 75.3 Å². The molecule has 2 heterocycles. The molecule has 35 heavy (non-hydrogen) atoms. The third-order valence-electron chi connectivity index (χ3n) is 6.29. The second-order valence-corrected chi connectivity index (χ2v) is 9.49. The number of rotatable bonds is 6. The second-order valence-electron chi connectivity index (χ2n) is 8.27. The van der Waals surface area contributed by atoms with Crippen molar-refractivity contribution in [1.29, 1.82) is 0 Å². The number of fused-ring (bicyclic) bond motifs is 3. The maximum absolute atomic E-state index is 13.5. The number of nitrogens with one attached hydrogen (secondary N) is 1. The molecule has 0 unspecified atom stereocenters. The van der Waals surface area contributed by atoms with Crippen molar-refractivity contribution in [1.82, 2.24) is 9.78 Å². The molecule has 2 amide bonds. The standard InChI is InChI=1S/C26H24N4O4S/c1-13-14(2)35-26(21(13)24(27)31)28-25(32)22-18-10-15-11-19(33-3)20(34-4)12-17(15)23(18)30(29-22)16-8-6-5-7-9-16/h5-9,11-12H,10H2,1-4H3,(H2,27,31)(H,28,32). The van der Waals surface area contributed by atoms with Gasteiger partial charge in [-0.3, -0.25) is 9.59 Å². The van der Waals surface area contributed by atoms with Gasteiger partial charge in [-0.25, -0.2) is 4.68 Å². The van der Waals surface area contributed by atoms with Gasteiger partial charge < -0.3 is 20.5 Å². The van der Waals surface area contributed by atoms with Gasteiger partial charge in [0.1, 0.15) is 5.00 Å². The first-order chi connectivity index (χ1) is 16.8. The Labute approximate surface area is 206 Å². The third-order valence-corrected chi connectivity index (χ3v) is 7.41. The number of para-hydroxylation sites is 1. The molecule has 0 saturated heterocycles. The molecule has 5 rings (SSSR count). The molecule has 0 saturated carbocycles. The summed E-state index contributed by atoms with van der Waals surface area (Å²) in [7, 11) is 3.19. The van der Waals surface area contributed by atoms with E-state index in [-0.39, 0.29) is 5.69 Å². The number of anilines is 1. The van der Waals surface area contributed by atoms with Crippen molar-refractivity contribution in [3.8, 4) is 28.4 Å². The van der Waals surface area contributed by atoms with Crippen LogP contribution in [0.15, 0.2) is 42.5 Å². The first kappa shape index (κ1) is 22.7. The van der Waals surface area contributed by atoms with Crippen LogP contribution in [0.2, 0.25) is 0 Å². The van der Waals surface area contributed by atoms with Gasteiger partial charge in [-0.1, -0.05) is 18.2 Å². The Balaban J connectivity index is 1.65. The van der Waals surface area contributed by atoms with E-state index in [2.05, 4.69) is 5.32 Å². The average molecular weight is 489 g/mol. The average Bonchev–Trinajstić information content (AvgIpc) is 3.48. The first-order valence-corrected chi connectivity index (χ1v) is 11.8. The number of ether oxygens (including phenoxy) is 2. The van der Waals surface area contributed by atoms with Gasteiger partial charge in [0.15, 0.2) is 17.2 Å². The van der Waals surface area contributed by atoms with Crippen molar-refractivity contribution in [3.63, 3.8) is 0 Å². The predicted octanol–water partition coefficient (Wildman–Crippen LogP) is 4.49. The molecule has 1 aliphatic carbocycles. The van der Waals surface area contributed by atoms with E-state index in [1.54, 1.807) is 18.9 Å². The minimum atomic E-state index is -0.575. The quantitative estimate of drug-likeness (QED) is 0.366. The number of hydrogen-bond donors (Lipinski definition) is 2. The lowest BCUT2D eigenvalue weighted by Gasteiger charge is -2.12. The van der Waals surface area contributed by atoms with Crippen LogP contribution in [0.5, 0.6) is 11.5 Å². The highest BCUT2D eigenvalue weighted by Gasteiger charge is 2.33. The molecule has 0 aliphatic heterocycles. The van der Waals surface area contributed by atoms with Crippen molar-refractivity contribution in [2.45, 2.75) is 20.3 Å². The van der Waals surface area contributed by atoms with E-state index in [9.17, 15) is 9.59 Å². The fourth-order valence-corrected chi connectivity index (χ4v) is 5.55. The SMILES string of the molecule is COc1cc2c(cc1OC)-c1c(c(C(=O)Nc3sc(C)c(C)c3C(N)=O)nn1-c1ccccc1)C2. The Morgan fingerprint density at radius 2 is 1.77 bits per heavy atom. The highest BCUT2D eigenvalue weighted by Crippen LogP contribution is 2.45. The molecule has 9 heteroatoms. The van der Waals surface area contributed by atoms with Crippen LogP contribution in [0.4, 0.5) is 5.00 Å². The van der Waals surface area contributed by atoms with E-state index in [0.29, 0.717) is 28.5 Å². The smallest absolute Gasteiger partial charge is 0.277 e. The lowest BCUT2D eigenvalue weighted by molar-refractivity contribution is 0.100. The lowest BCUT2D eigenvalue weighted by Crippen LogP contribution is -2.18. The van der Waals surface area contributed by atoms with Gasteiger partial charge in [0.2, 0.25) is 0 Å². The Kier molecular flexibility index (Phi) is 5.56. The highest BCUT2D eigenvalue weighted by atomic mass is 32.1. The van der Waals surface area contributed by atoms with Gasteiger partial charge in [-0.2, -0.15) is 5.10 Å². The predicted molar refractivity (Wildman–Crippen MR) is 135 cm³/mol. The van der Waals surface area contributed by atoms with E-state index < -0.39 is 11.8 Å². The summed E-state index contributed by atoms with van der Waals surface area (Å²) in [4.78, 5) is 26.5. The summed E-state index contributed by atoms with van der Waals surface area (Å²) in [5.41, 5.74) is 11.4. The fraction of sp³-hybridized carbons (Fsp3) is 0.192. The zero-order chi connectivity index (χ0) is 24.9. The fourth-order valence-electron chi connectivity index (χ4n) is 4.49. The van der Waals surface area contributed by atoms with Crippen LogP contribution in [0.3, 0.4) is 0 Å². The number of thiophene rings is 1. The third kappa shape index (κ3) is 3.64. The molecule has 0 atom stereocenters. The molecule has 178 valence electrons. The largest absolute Gasteiger partial charge is 0.493 e. The topological polar surface area (TPSA) is 108 Å². The van der Waals surface area contributed by atoms with Crippen LogP contribution in [0, 0.1) is 13.8 Å².